The Morgan fingerprint density at radius 3 is 1.62 bits per heavy atom. The molecule has 3 heteroatoms. The molecular weight excluding hydrogens is 765 g/mol. The van der Waals surface area contributed by atoms with Crippen LogP contribution in [0, 0.1) is 0 Å². The number of hydrogen-bond donors (Lipinski definition) is 0. The van der Waals surface area contributed by atoms with Crippen molar-refractivity contribution in [3.63, 3.8) is 0 Å². The van der Waals surface area contributed by atoms with E-state index >= 15 is 0 Å². The van der Waals surface area contributed by atoms with Crippen molar-refractivity contribution in [3.8, 4) is 33.6 Å². The maximum absolute atomic E-state index is 6.85. The normalized spacial score (nSPS) is 12.1. The third-order valence-electron chi connectivity index (χ3n) is 13.5. The summed E-state index contributed by atoms with van der Waals surface area (Å²) in [4.78, 5) is 0. The molecule has 0 spiro atoms. The van der Waals surface area contributed by atoms with E-state index in [0.717, 1.165) is 44.3 Å². The van der Waals surface area contributed by atoms with Gasteiger partial charge in [-0.1, -0.05) is 164 Å². The van der Waals surface area contributed by atoms with Gasteiger partial charge in [0, 0.05) is 38.0 Å². The molecule has 3 aromatic heterocycles. The van der Waals surface area contributed by atoms with Gasteiger partial charge in [-0.05, 0) is 109 Å². The number of para-hydroxylation sites is 3. The monoisotopic (exact) mass is 800 g/mol. The Kier molecular flexibility index (Phi) is 7.11. The molecule has 0 radical (unpaired) electrons. The van der Waals surface area contributed by atoms with E-state index in [1.54, 1.807) is 0 Å². The lowest BCUT2D eigenvalue weighted by atomic mass is 9.94. The maximum Gasteiger partial charge on any atom is 0.160 e. The predicted octanol–water partition coefficient (Wildman–Crippen LogP) is 16.6. The van der Waals surface area contributed by atoms with Crippen LogP contribution in [0.2, 0.25) is 0 Å². The van der Waals surface area contributed by atoms with Crippen LogP contribution in [-0.4, -0.2) is 9.13 Å². The van der Waals surface area contributed by atoms with Gasteiger partial charge in [0.05, 0.1) is 27.8 Å². The Morgan fingerprint density at radius 2 is 0.857 bits per heavy atom. The van der Waals surface area contributed by atoms with Gasteiger partial charge in [-0.25, -0.2) is 0 Å². The number of benzene rings is 11. The summed E-state index contributed by atoms with van der Waals surface area (Å²) in [5.41, 5.74) is 13.3. The number of furan rings is 1. The van der Waals surface area contributed by atoms with Crippen molar-refractivity contribution in [3.05, 3.63) is 218 Å². The van der Waals surface area contributed by atoms with Crippen LogP contribution < -0.4 is 0 Å². The van der Waals surface area contributed by atoms with Crippen LogP contribution >= 0.6 is 0 Å². The van der Waals surface area contributed by atoms with E-state index in [9.17, 15) is 0 Å². The predicted molar refractivity (Wildman–Crippen MR) is 266 cm³/mol. The zero-order valence-corrected chi connectivity index (χ0v) is 34.1. The molecule has 0 bridgehead atoms. The van der Waals surface area contributed by atoms with Crippen molar-refractivity contribution in [2.24, 2.45) is 0 Å². The second kappa shape index (κ2) is 13.1. The third kappa shape index (κ3) is 4.85. The van der Waals surface area contributed by atoms with Crippen molar-refractivity contribution in [1.82, 2.24) is 9.13 Å². The molecule has 63 heavy (non-hydrogen) atoms. The molecule has 0 unspecified atom stereocenters. The first-order chi connectivity index (χ1) is 31.3. The van der Waals surface area contributed by atoms with E-state index in [0.29, 0.717) is 0 Å². The summed E-state index contributed by atoms with van der Waals surface area (Å²) in [5.74, 6) is 0. The van der Waals surface area contributed by atoms with Gasteiger partial charge in [-0.3, -0.25) is 0 Å². The summed E-state index contributed by atoms with van der Waals surface area (Å²) in [7, 11) is 0. The van der Waals surface area contributed by atoms with Crippen molar-refractivity contribution >= 4 is 97.9 Å². The molecule has 0 N–H and O–H groups in total. The molecule has 0 amide bonds. The Balaban J connectivity index is 0.993. The van der Waals surface area contributed by atoms with Crippen LogP contribution in [0.15, 0.2) is 223 Å². The molecule has 11 aromatic carbocycles. The van der Waals surface area contributed by atoms with Gasteiger partial charge >= 0.3 is 0 Å². The summed E-state index contributed by atoms with van der Waals surface area (Å²) < 4.78 is 11.7. The largest absolute Gasteiger partial charge is 0.454 e. The van der Waals surface area contributed by atoms with E-state index in [2.05, 4.69) is 228 Å². The van der Waals surface area contributed by atoms with E-state index in [4.69, 9.17) is 4.42 Å². The van der Waals surface area contributed by atoms with Gasteiger partial charge in [0.2, 0.25) is 0 Å². The molecule has 14 aromatic rings. The van der Waals surface area contributed by atoms with Crippen LogP contribution in [0.5, 0.6) is 0 Å². The highest BCUT2D eigenvalue weighted by atomic mass is 16.3. The first-order valence-electron chi connectivity index (χ1n) is 21.7. The standard InChI is InChI=1S/C60H36N2O/c1-2-15-37(16-3-1)41-32-34-56(60-59(41)49-23-10-13-28-57(49)63-60)62-53-26-12-9-22-48(53)58-40(24-14-27-55(58)62)38-29-33-54-51(35-38)47-21-8-11-25-52(47)61(54)39-30-31-46-44-19-5-4-17-42(44)43-18-6-7-20-45(43)50(46)36-39/h1-36H. The first-order valence-corrected chi connectivity index (χ1v) is 21.7. The second-order valence-corrected chi connectivity index (χ2v) is 16.8. The number of aromatic nitrogens is 2. The van der Waals surface area contributed by atoms with Gasteiger partial charge in [0.25, 0.3) is 0 Å². The summed E-state index contributed by atoms with van der Waals surface area (Å²) in [5, 5.41) is 14.8. The molecule has 0 aliphatic carbocycles. The maximum atomic E-state index is 6.85. The summed E-state index contributed by atoms with van der Waals surface area (Å²) >= 11 is 0. The Morgan fingerprint density at radius 1 is 0.286 bits per heavy atom. The molecule has 0 aliphatic heterocycles. The van der Waals surface area contributed by atoms with Crippen molar-refractivity contribution in [1.29, 1.82) is 0 Å². The molecular formula is C60H36N2O. The topological polar surface area (TPSA) is 23.0 Å². The van der Waals surface area contributed by atoms with Crippen molar-refractivity contribution in [2.75, 3.05) is 0 Å². The van der Waals surface area contributed by atoms with Gasteiger partial charge in [0.1, 0.15) is 5.58 Å². The third-order valence-corrected chi connectivity index (χ3v) is 13.5. The first kappa shape index (κ1) is 34.3. The van der Waals surface area contributed by atoms with Gasteiger partial charge < -0.3 is 13.6 Å². The highest BCUT2D eigenvalue weighted by molar-refractivity contribution is 6.26. The van der Waals surface area contributed by atoms with Crippen molar-refractivity contribution in [2.45, 2.75) is 0 Å². The molecule has 3 nitrogen and oxygen atoms in total. The minimum absolute atomic E-state index is 0.884. The van der Waals surface area contributed by atoms with Crippen LogP contribution in [0.25, 0.3) is 131 Å². The molecule has 0 saturated carbocycles. The number of hydrogen-bond acceptors (Lipinski definition) is 1. The fraction of sp³-hybridized carbons (Fsp3) is 0. The smallest absolute Gasteiger partial charge is 0.160 e. The Bertz CT molecular complexity index is 4170. The average molecular weight is 801 g/mol. The minimum Gasteiger partial charge on any atom is -0.454 e. The van der Waals surface area contributed by atoms with Crippen LogP contribution in [0.4, 0.5) is 0 Å². The van der Waals surface area contributed by atoms with Crippen molar-refractivity contribution < 1.29 is 4.42 Å². The van der Waals surface area contributed by atoms with Crippen LogP contribution in [0.1, 0.15) is 0 Å². The zero-order valence-electron chi connectivity index (χ0n) is 34.1. The Hall–Kier alpha value is -8.40. The molecule has 0 saturated heterocycles. The fourth-order valence-corrected chi connectivity index (χ4v) is 10.8. The highest BCUT2D eigenvalue weighted by Crippen LogP contribution is 2.45. The van der Waals surface area contributed by atoms with Gasteiger partial charge in [-0.2, -0.15) is 0 Å². The Labute approximate surface area is 361 Å². The van der Waals surface area contributed by atoms with E-state index in [-0.39, 0.29) is 0 Å². The SMILES string of the molecule is c1ccc(-c2ccc(-n3c4ccccc4c4c(-c5ccc6c(c5)c5ccccc5n6-c5ccc6c7ccccc7c7ccccc7c6c5)cccc43)c3oc4ccccc4c23)cc1. The summed E-state index contributed by atoms with van der Waals surface area (Å²) in [6, 6.07) is 79.6. The number of fused-ring (bicyclic) bond motifs is 15. The second-order valence-electron chi connectivity index (χ2n) is 16.8. The summed E-state index contributed by atoms with van der Waals surface area (Å²) in [6.07, 6.45) is 0. The zero-order chi connectivity index (χ0) is 41.2. The van der Waals surface area contributed by atoms with Crippen LogP contribution in [0.3, 0.4) is 0 Å². The lowest BCUT2D eigenvalue weighted by Crippen LogP contribution is -1.95. The highest BCUT2D eigenvalue weighted by Gasteiger charge is 2.23. The van der Waals surface area contributed by atoms with Gasteiger partial charge in [-0.15, -0.1) is 0 Å². The van der Waals surface area contributed by atoms with E-state index in [1.807, 2.05) is 0 Å². The molecule has 3 heterocycles. The number of nitrogens with zero attached hydrogens (tertiary/aromatic N) is 2. The molecule has 0 atom stereocenters. The lowest BCUT2D eigenvalue weighted by Gasteiger charge is -2.14. The fourth-order valence-electron chi connectivity index (χ4n) is 10.8. The lowest BCUT2D eigenvalue weighted by molar-refractivity contribution is 0.666. The number of rotatable bonds is 4. The summed E-state index contributed by atoms with van der Waals surface area (Å²) in [6.45, 7) is 0. The van der Waals surface area contributed by atoms with Gasteiger partial charge in [0.15, 0.2) is 5.58 Å². The van der Waals surface area contributed by atoms with E-state index < -0.39 is 0 Å². The molecule has 292 valence electrons. The quantitative estimate of drug-likeness (QED) is 0.163. The van der Waals surface area contributed by atoms with Crippen LogP contribution in [-0.2, 0) is 0 Å². The molecule has 0 fully saturated rings. The molecule has 0 aliphatic rings. The van der Waals surface area contributed by atoms with E-state index in [1.165, 1.54) is 87.1 Å². The molecule has 14 rings (SSSR count). The average Bonchev–Trinajstić information content (AvgIpc) is 4.02. The minimum atomic E-state index is 0.884.